The second kappa shape index (κ2) is 5.69. The Morgan fingerprint density at radius 2 is 2.05 bits per heavy atom. The van der Waals surface area contributed by atoms with Crippen LogP contribution in [-0.2, 0) is 4.79 Å². The molecule has 0 bridgehead atoms. The summed E-state index contributed by atoms with van der Waals surface area (Å²) in [4.78, 5) is 12.4. The number of rotatable bonds is 3. The molecule has 0 aliphatic heterocycles. The molecule has 0 spiro atoms. The summed E-state index contributed by atoms with van der Waals surface area (Å²) >= 11 is 0. The number of amides is 1. The van der Waals surface area contributed by atoms with E-state index in [0.29, 0.717) is 0 Å². The van der Waals surface area contributed by atoms with Gasteiger partial charge in [-0.05, 0) is 37.1 Å². The number of anilines is 1. The van der Waals surface area contributed by atoms with Gasteiger partial charge in [0.2, 0.25) is 5.91 Å². The molecule has 1 fully saturated rings. The molecule has 1 aromatic carbocycles. The van der Waals surface area contributed by atoms with Gasteiger partial charge in [-0.15, -0.1) is 0 Å². The van der Waals surface area contributed by atoms with Gasteiger partial charge in [-0.1, -0.05) is 25.3 Å². The van der Waals surface area contributed by atoms with E-state index in [4.69, 9.17) is 5.73 Å². The van der Waals surface area contributed by atoms with Crippen LogP contribution in [0.15, 0.2) is 42.7 Å². The number of nitrogens with one attached hydrogen (secondary N) is 1. The van der Waals surface area contributed by atoms with Crippen molar-refractivity contribution in [1.82, 2.24) is 9.78 Å². The van der Waals surface area contributed by atoms with Crippen molar-refractivity contribution in [1.29, 1.82) is 0 Å². The van der Waals surface area contributed by atoms with Crippen LogP contribution in [-0.4, -0.2) is 21.2 Å². The van der Waals surface area contributed by atoms with Crippen molar-refractivity contribution in [3.63, 3.8) is 0 Å². The van der Waals surface area contributed by atoms with Gasteiger partial charge >= 0.3 is 0 Å². The third-order valence-electron chi connectivity index (χ3n) is 4.07. The van der Waals surface area contributed by atoms with Gasteiger partial charge in [0.15, 0.2) is 0 Å². The highest BCUT2D eigenvalue weighted by atomic mass is 16.2. The van der Waals surface area contributed by atoms with Gasteiger partial charge in [0, 0.05) is 18.1 Å². The molecule has 1 amide bonds. The summed E-state index contributed by atoms with van der Waals surface area (Å²) in [5, 5.41) is 7.14. The van der Waals surface area contributed by atoms with Crippen molar-refractivity contribution in [2.45, 2.75) is 37.6 Å². The minimum atomic E-state index is -0.722. The average molecular weight is 284 g/mol. The highest BCUT2D eigenvalue weighted by Gasteiger charge is 2.35. The molecule has 0 radical (unpaired) electrons. The number of carbonyl (C=O) groups excluding carboxylic acids is 1. The Morgan fingerprint density at radius 3 is 2.76 bits per heavy atom. The van der Waals surface area contributed by atoms with Crippen LogP contribution in [0.5, 0.6) is 0 Å². The summed E-state index contributed by atoms with van der Waals surface area (Å²) < 4.78 is 1.76. The molecule has 1 aliphatic rings. The Bertz CT molecular complexity index is 615. The summed E-state index contributed by atoms with van der Waals surface area (Å²) in [6.07, 6.45) is 8.33. The highest BCUT2D eigenvalue weighted by molar-refractivity contribution is 5.98. The molecule has 1 saturated carbocycles. The van der Waals surface area contributed by atoms with Gasteiger partial charge in [0.25, 0.3) is 0 Å². The minimum absolute atomic E-state index is 0.0835. The predicted molar refractivity (Wildman–Crippen MR) is 82.2 cm³/mol. The first-order valence-electron chi connectivity index (χ1n) is 7.38. The second-order valence-corrected chi connectivity index (χ2v) is 5.67. The molecular weight excluding hydrogens is 264 g/mol. The zero-order valence-electron chi connectivity index (χ0n) is 12.0. The lowest BCUT2D eigenvalue weighted by atomic mass is 9.82. The molecule has 0 atom stereocenters. The molecule has 1 aliphatic carbocycles. The Morgan fingerprint density at radius 1 is 1.24 bits per heavy atom. The van der Waals surface area contributed by atoms with Crippen LogP contribution in [0.2, 0.25) is 0 Å². The summed E-state index contributed by atoms with van der Waals surface area (Å²) in [7, 11) is 0. The van der Waals surface area contributed by atoms with Crippen LogP contribution in [0.4, 0.5) is 5.69 Å². The standard InChI is InChI=1S/C16H20N4O/c17-16(8-2-1-3-9-16)15(21)19-13-6-4-7-14(12-13)20-11-5-10-18-20/h4-7,10-12H,1-3,8-9,17H2,(H,19,21). The Labute approximate surface area is 124 Å². The van der Waals surface area contributed by atoms with E-state index < -0.39 is 5.54 Å². The summed E-state index contributed by atoms with van der Waals surface area (Å²) in [5.41, 5.74) is 7.19. The molecule has 0 saturated heterocycles. The number of nitrogens with two attached hydrogens (primary N) is 1. The lowest BCUT2D eigenvalue weighted by Gasteiger charge is -2.31. The summed E-state index contributed by atoms with van der Waals surface area (Å²) in [6, 6.07) is 9.48. The first-order chi connectivity index (χ1) is 10.2. The number of nitrogens with zero attached hydrogens (tertiary/aromatic N) is 2. The third-order valence-corrected chi connectivity index (χ3v) is 4.07. The largest absolute Gasteiger partial charge is 0.324 e. The lowest BCUT2D eigenvalue weighted by molar-refractivity contribution is -0.122. The second-order valence-electron chi connectivity index (χ2n) is 5.67. The fourth-order valence-electron chi connectivity index (χ4n) is 2.81. The number of aromatic nitrogens is 2. The van der Waals surface area contributed by atoms with E-state index in [1.165, 1.54) is 6.42 Å². The molecular formula is C16H20N4O. The minimum Gasteiger partial charge on any atom is -0.324 e. The summed E-state index contributed by atoms with van der Waals surface area (Å²) in [5.74, 6) is -0.0835. The molecule has 5 nitrogen and oxygen atoms in total. The van der Waals surface area contributed by atoms with Crippen molar-refractivity contribution in [3.8, 4) is 5.69 Å². The molecule has 3 rings (SSSR count). The molecule has 5 heteroatoms. The Balaban J connectivity index is 1.76. The van der Waals surface area contributed by atoms with Gasteiger partial charge < -0.3 is 11.1 Å². The van der Waals surface area contributed by atoms with Crippen LogP contribution in [0, 0.1) is 0 Å². The summed E-state index contributed by atoms with van der Waals surface area (Å²) in [6.45, 7) is 0. The van der Waals surface area contributed by atoms with E-state index in [1.54, 1.807) is 10.9 Å². The van der Waals surface area contributed by atoms with E-state index in [1.807, 2.05) is 36.5 Å². The van der Waals surface area contributed by atoms with Crippen LogP contribution < -0.4 is 11.1 Å². The number of benzene rings is 1. The van der Waals surface area contributed by atoms with Gasteiger partial charge in [0.05, 0.1) is 11.2 Å². The monoisotopic (exact) mass is 284 g/mol. The van der Waals surface area contributed by atoms with Crippen LogP contribution in [0.25, 0.3) is 5.69 Å². The average Bonchev–Trinajstić information content (AvgIpc) is 3.02. The van der Waals surface area contributed by atoms with Crippen molar-refractivity contribution in [3.05, 3.63) is 42.7 Å². The maximum atomic E-state index is 12.4. The lowest BCUT2D eigenvalue weighted by Crippen LogP contribution is -2.52. The van der Waals surface area contributed by atoms with Gasteiger partial charge in [-0.3, -0.25) is 4.79 Å². The van der Waals surface area contributed by atoms with Crippen LogP contribution in [0.1, 0.15) is 32.1 Å². The first kappa shape index (κ1) is 13.8. The van der Waals surface area contributed by atoms with E-state index in [-0.39, 0.29) is 5.91 Å². The maximum absolute atomic E-state index is 12.4. The smallest absolute Gasteiger partial charge is 0.244 e. The van der Waals surface area contributed by atoms with Crippen molar-refractivity contribution >= 4 is 11.6 Å². The maximum Gasteiger partial charge on any atom is 0.244 e. The van der Waals surface area contributed by atoms with E-state index in [0.717, 1.165) is 37.1 Å². The fraction of sp³-hybridized carbons (Fsp3) is 0.375. The first-order valence-corrected chi connectivity index (χ1v) is 7.38. The Kier molecular flexibility index (Phi) is 3.75. The van der Waals surface area contributed by atoms with E-state index in [2.05, 4.69) is 10.4 Å². The zero-order chi connectivity index (χ0) is 14.7. The molecule has 1 heterocycles. The zero-order valence-corrected chi connectivity index (χ0v) is 12.0. The topological polar surface area (TPSA) is 72.9 Å². The van der Waals surface area contributed by atoms with E-state index in [9.17, 15) is 4.79 Å². The van der Waals surface area contributed by atoms with Crippen LogP contribution in [0.3, 0.4) is 0 Å². The molecule has 0 unspecified atom stereocenters. The molecule has 21 heavy (non-hydrogen) atoms. The van der Waals surface area contributed by atoms with Gasteiger partial charge in [0.1, 0.15) is 0 Å². The molecule has 1 aromatic heterocycles. The Hall–Kier alpha value is -2.14. The number of hydrogen-bond acceptors (Lipinski definition) is 3. The van der Waals surface area contributed by atoms with Crippen molar-refractivity contribution in [2.24, 2.45) is 5.73 Å². The molecule has 110 valence electrons. The third kappa shape index (κ3) is 2.97. The van der Waals surface area contributed by atoms with Gasteiger partial charge in [-0.2, -0.15) is 5.10 Å². The van der Waals surface area contributed by atoms with Gasteiger partial charge in [-0.25, -0.2) is 4.68 Å². The normalized spacial score (nSPS) is 17.4. The van der Waals surface area contributed by atoms with Crippen molar-refractivity contribution in [2.75, 3.05) is 5.32 Å². The fourth-order valence-corrected chi connectivity index (χ4v) is 2.81. The highest BCUT2D eigenvalue weighted by Crippen LogP contribution is 2.27. The molecule has 3 N–H and O–H groups in total. The quantitative estimate of drug-likeness (QED) is 0.909. The molecule has 2 aromatic rings. The van der Waals surface area contributed by atoms with Crippen molar-refractivity contribution < 1.29 is 4.79 Å². The van der Waals surface area contributed by atoms with Crippen LogP contribution >= 0.6 is 0 Å². The SMILES string of the molecule is NC1(C(=O)Nc2cccc(-n3cccn3)c2)CCCCC1. The number of carbonyl (C=O) groups is 1. The van der Waals surface area contributed by atoms with E-state index >= 15 is 0 Å². The number of hydrogen-bond donors (Lipinski definition) is 2. The predicted octanol–water partition coefficient (Wildman–Crippen LogP) is 2.47.